The molecule has 1 heterocycles. The lowest BCUT2D eigenvalue weighted by Gasteiger charge is -2.14. The Balaban J connectivity index is 1.24. The third kappa shape index (κ3) is 6.96. The molecule has 0 saturated carbocycles. The van der Waals surface area contributed by atoms with E-state index in [1.807, 2.05) is 55.5 Å². The molecule has 4 aromatic rings. The van der Waals surface area contributed by atoms with E-state index in [-0.39, 0.29) is 6.61 Å². The second kappa shape index (κ2) is 13.2. The predicted octanol–water partition coefficient (Wildman–Crippen LogP) is 5.70. The Labute approximate surface area is 219 Å². The normalized spacial score (nSPS) is 11.0. The lowest BCUT2D eigenvalue weighted by molar-refractivity contribution is 0.265. The van der Waals surface area contributed by atoms with Gasteiger partial charge in [0.15, 0.2) is 11.5 Å². The molecule has 36 heavy (non-hydrogen) atoms. The van der Waals surface area contributed by atoms with Crippen LogP contribution in [0.2, 0.25) is 5.02 Å². The van der Waals surface area contributed by atoms with Crippen LogP contribution in [0.3, 0.4) is 0 Å². The van der Waals surface area contributed by atoms with Crippen LogP contribution in [0.5, 0.6) is 11.5 Å². The van der Waals surface area contributed by atoms with Crippen LogP contribution >= 0.6 is 23.4 Å². The summed E-state index contributed by atoms with van der Waals surface area (Å²) < 4.78 is 27.4. The summed E-state index contributed by atoms with van der Waals surface area (Å²) in [5.74, 6) is 1.66. The van der Waals surface area contributed by atoms with Crippen molar-refractivity contribution in [1.29, 1.82) is 0 Å². The van der Waals surface area contributed by atoms with E-state index in [0.717, 1.165) is 35.1 Å². The van der Waals surface area contributed by atoms with Gasteiger partial charge in [0.05, 0.1) is 17.3 Å². The molecule has 0 saturated heterocycles. The monoisotopic (exact) mass is 527 g/mol. The van der Waals surface area contributed by atoms with Crippen molar-refractivity contribution < 1.29 is 13.9 Å². The highest BCUT2D eigenvalue weighted by molar-refractivity contribution is 7.99. The molecular formula is C26H27ClFN5O2S. The lowest BCUT2D eigenvalue weighted by atomic mass is 10.2. The molecule has 0 bridgehead atoms. The lowest BCUT2D eigenvalue weighted by Crippen LogP contribution is -2.15. The van der Waals surface area contributed by atoms with E-state index in [9.17, 15) is 4.39 Å². The van der Waals surface area contributed by atoms with Crippen LogP contribution in [0, 0.1) is 5.82 Å². The molecule has 0 spiro atoms. The standard InChI is InChI=1S/C26H27ClFN5O2S/c1-2-34-25-16-19(12-13-24(25)35-18-21-22(27)10-6-11-23(21)28)17-29-14-7-15-36-26-30-31-32-33(26)20-8-4-3-5-9-20/h3-6,8-13,16,29H,2,7,14-15,17-18H2,1H3. The second-order valence-corrected chi connectivity index (χ2v) is 9.26. The average molecular weight is 528 g/mol. The van der Waals surface area contributed by atoms with Crippen molar-refractivity contribution in [2.24, 2.45) is 0 Å². The summed E-state index contributed by atoms with van der Waals surface area (Å²) in [4.78, 5) is 0. The van der Waals surface area contributed by atoms with Crippen molar-refractivity contribution in [1.82, 2.24) is 25.5 Å². The SMILES string of the molecule is CCOc1cc(CNCCCSc2nnnn2-c2ccccc2)ccc1OCc1c(F)cccc1Cl. The highest BCUT2D eigenvalue weighted by Crippen LogP contribution is 2.30. The van der Waals surface area contributed by atoms with Gasteiger partial charge in [0.2, 0.25) is 5.16 Å². The Morgan fingerprint density at radius 3 is 2.69 bits per heavy atom. The molecule has 0 amide bonds. The first-order chi connectivity index (χ1) is 17.7. The number of ether oxygens (including phenoxy) is 2. The van der Waals surface area contributed by atoms with Gasteiger partial charge in [-0.3, -0.25) is 0 Å². The number of nitrogens with zero attached hydrogens (tertiary/aromatic N) is 4. The second-order valence-electron chi connectivity index (χ2n) is 7.79. The minimum absolute atomic E-state index is 0.0222. The zero-order valence-corrected chi connectivity index (χ0v) is 21.4. The van der Waals surface area contributed by atoms with Gasteiger partial charge in [0.25, 0.3) is 0 Å². The molecule has 0 fully saturated rings. The van der Waals surface area contributed by atoms with Crippen LogP contribution in [0.25, 0.3) is 5.69 Å². The van der Waals surface area contributed by atoms with Crippen molar-refractivity contribution in [3.8, 4) is 17.2 Å². The number of tetrazole rings is 1. The first-order valence-corrected chi connectivity index (χ1v) is 13.0. The Hall–Kier alpha value is -3.14. The van der Waals surface area contributed by atoms with Gasteiger partial charge in [-0.05, 0) is 72.3 Å². The number of benzene rings is 3. The number of hydrogen-bond acceptors (Lipinski definition) is 7. The average Bonchev–Trinajstić information content (AvgIpc) is 3.36. The summed E-state index contributed by atoms with van der Waals surface area (Å²) in [6, 6.07) is 20.2. The van der Waals surface area contributed by atoms with Crippen molar-refractivity contribution >= 4 is 23.4 Å². The van der Waals surface area contributed by atoms with E-state index >= 15 is 0 Å². The fourth-order valence-corrected chi connectivity index (χ4v) is 4.51. The number of para-hydroxylation sites is 1. The van der Waals surface area contributed by atoms with E-state index in [1.165, 1.54) is 6.07 Å². The Morgan fingerprint density at radius 1 is 1.03 bits per heavy atom. The predicted molar refractivity (Wildman–Crippen MR) is 140 cm³/mol. The van der Waals surface area contributed by atoms with Gasteiger partial charge in [0, 0.05) is 17.9 Å². The van der Waals surface area contributed by atoms with Crippen molar-refractivity contribution in [2.45, 2.75) is 31.7 Å². The molecule has 188 valence electrons. The number of thioether (sulfide) groups is 1. The molecule has 0 aliphatic heterocycles. The van der Waals surface area contributed by atoms with Gasteiger partial charge in [0.1, 0.15) is 12.4 Å². The van der Waals surface area contributed by atoms with Crippen LogP contribution in [0.15, 0.2) is 71.9 Å². The van der Waals surface area contributed by atoms with Gasteiger partial charge >= 0.3 is 0 Å². The zero-order valence-electron chi connectivity index (χ0n) is 19.9. The smallest absolute Gasteiger partial charge is 0.214 e. The third-order valence-corrected chi connectivity index (χ3v) is 6.60. The molecular weight excluding hydrogens is 501 g/mol. The topological polar surface area (TPSA) is 74.1 Å². The molecule has 1 N–H and O–H groups in total. The molecule has 4 rings (SSSR count). The molecule has 0 aliphatic rings. The highest BCUT2D eigenvalue weighted by Gasteiger charge is 2.12. The molecule has 0 aliphatic carbocycles. The fraction of sp³-hybridized carbons (Fsp3) is 0.269. The number of nitrogens with one attached hydrogen (secondary N) is 1. The van der Waals surface area contributed by atoms with Crippen LogP contribution in [-0.4, -0.2) is 39.1 Å². The van der Waals surface area contributed by atoms with E-state index in [2.05, 4.69) is 20.8 Å². The van der Waals surface area contributed by atoms with Crippen LogP contribution in [0.1, 0.15) is 24.5 Å². The maximum atomic E-state index is 14.1. The first kappa shape index (κ1) is 25.9. The van der Waals surface area contributed by atoms with Gasteiger partial charge in [-0.25, -0.2) is 4.39 Å². The van der Waals surface area contributed by atoms with E-state index < -0.39 is 5.82 Å². The summed E-state index contributed by atoms with van der Waals surface area (Å²) in [6.45, 7) is 3.95. The van der Waals surface area contributed by atoms with Gasteiger partial charge < -0.3 is 14.8 Å². The maximum absolute atomic E-state index is 14.1. The molecule has 3 aromatic carbocycles. The number of hydrogen-bond donors (Lipinski definition) is 1. The highest BCUT2D eigenvalue weighted by atomic mass is 35.5. The molecule has 0 radical (unpaired) electrons. The van der Waals surface area contributed by atoms with Crippen LogP contribution in [0.4, 0.5) is 4.39 Å². The minimum Gasteiger partial charge on any atom is -0.490 e. The summed E-state index contributed by atoms with van der Waals surface area (Å²) in [7, 11) is 0. The molecule has 0 atom stereocenters. The van der Waals surface area contributed by atoms with Crippen LogP contribution < -0.4 is 14.8 Å². The quantitative estimate of drug-likeness (QED) is 0.176. The number of rotatable bonds is 13. The molecule has 10 heteroatoms. The fourth-order valence-electron chi connectivity index (χ4n) is 3.46. The van der Waals surface area contributed by atoms with Crippen molar-refractivity contribution in [2.75, 3.05) is 18.9 Å². The van der Waals surface area contributed by atoms with Crippen LogP contribution in [-0.2, 0) is 13.2 Å². The summed E-state index contributed by atoms with van der Waals surface area (Å²) in [5.41, 5.74) is 2.33. The maximum Gasteiger partial charge on any atom is 0.214 e. The Morgan fingerprint density at radius 2 is 1.89 bits per heavy atom. The van der Waals surface area contributed by atoms with Gasteiger partial charge in [-0.2, -0.15) is 4.68 Å². The third-order valence-electron chi connectivity index (χ3n) is 5.24. The van der Waals surface area contributed by atoms with Gasteiger partial charge in [-0.1, -0.05) is 53.7 Å². The van der Waals surface area contributed by atoms with Crippen molar-refractivity contribution in [3.63, 3.8) is 0 Å². The van der Waals surface area contributed by atoms with Crippen molar-refractivity contribution in [3.05, 3.63) is 88.7 Å². The number of halogens is 2. The summed E-state index contributed by atoms with van der Waals surface area (Å²) >= 11 is 7.73. The Bertz CT molecular complexity index is 1240. The first-order valence-electron chi connectivity index (χ1n) is 11.6. The van der Waals surface area contributed by atoms with E-state index in [0.29, 0.717) is 35.2 Å². The molecule has 1 aromatic heterocycles. The summed E-state index contributed by atoms with van der Waals surface area (Å²) in [6.07, 6.45) is 0.954. The molecule has 7 nitrogen and oxygen atoms in total. The largest absolute Gasteiger partial charge is 0.490 e. The van der Waals surface area contributed by atoms with E-state index in [1.54, 1.807) is 28.6 Å². The summed E-state index contributed by atoms with van der Waals surface area (Å²) in [5, 5.41) is 16.6. The minimum atomic E-state index is -0.393. The Kier molecular flexibility index (Phi) is 9.54. The molecule has 0 unspecified atom stereocenters. The van der Waals surface area contributed by atoms with E-state index in [4.69, 9.17) is 21.1 Å². The zero-order chi connectivity index (χ0) is 25.2. The number of aromatic nitrogens is 4. The van der Waals surface area contributed by atoms with Gasteiger partial charge in [-0.15, -0.1) is 5.10 Å².